The molecule has 4 rings (SSSR count). The lowest BCUT2D eigenvalue weighted by atomic mass is 10.2. The molecule has 0 aliphatic carbocycles. The lowest BCUT2D eigenvalue weighted by molar-refractivity contribution is 0.0515. The summed E-state index contributed by atoms with van der Waals surface area (Å²) in [7, 11) is 0. The number of fused-ring (bicyclic) bond motifs is 2. The Labute approximate surface area is 173 Å². The van der Waals surface area contributed by atoms with Gasteiger partial charge in [-0.05, 0) is 42.8 Å². The Morgan fingerprint density at radius 3 is 2.79 bits per heavy atom. The second kappa shape index (κ2) is 8.09. The predicted octanol–water partition coefficient (Wildman–Crippen LogP) is 4.81. The molecule has 0 saturated carbocycles. The molecule has 0 amide bonds. The fraction of sp³-hybridized carbons (Fsp3) is 0.227. The highest BCUT2D eigenvalue weighted by atomic mass is 35.5. The van der Waals surface area contributed by atoms with Crippen molar-refractivity contribution >= 4 is 28.5 Å². The monoisotopic (exact) mass is 413 g/mol. The first-order valence-electron chi connectivity index (χ1n) is 9.22. The van der Waals surface area contributed by atoms with E-state index in [1.807, 2.05) is 28.8 Å². The summed E-state index contributed by atoms with van der Waals surface area (Å²) in [6, 6.07) is 11.0. The van der Waals surface area contributed by atoms with E-state index in [1.165, 1.54) is 0 Å². The van der Waals surface area contributed by atoms with Crippen LogP contribution in [0.3, 0.4) is 0 Å². The second-order valence-corrected chi connectivity index (χ2v) is 6.86. The van der Waals surface area contributed by atoms with Crippen molar-refractivity contribution in [1.82, 2.24) is 4.57 Å². The maximum absolute atomic E-state index is 12.6. The van der Waals surface area contributed by atoms with Gasteiger partial charge in [0.2, 0.25) is 6.79 Å². The molecule has 0 atom stereocenters. The van der Waals surface area contributed by atoms with Crippen LogP contribution >= 0.6 is 11.6 Å². The number of ether oxygens (including phenoxy) is 4. The van der Waals surface area contributed by atoms with E-state index in [2.05, 4.69) is 6.58 Å². The maximum atomic E-state index is 12.6. The van der Waals surface area contributed by atoms with E-state index in [0.717, 1.165) is 16.5 Å². The third-order valence-electron chi connectivity index (χ3n) is 4.60. The molecular weight excluding hydrogens is 394 g/mol. The van der Waals surface area contributed by atoms with Crippen molar-refractivity contribution in [2.24, 2.45) is 0 Å². The SMILES string of the molecule is C=CCOc1ccc2c(c1)cc(C(=O)OCC)n2Cc1cc2c(cc1Cl)OCO2. The molecule has 1 aliphatic heterocycles. The molecule has 0 saturated heterocycles. The molecule has 6 nitrogen and oxygen atoms in total. The fourth-order valence-corrected chi connectivity index (χ4v) is 3.50. The zero-order valence-electron chi connectivity index (χ0n) is 15.9. The van der Waals surface area contributed by atoms with Crippen molar-refractivity contribution < 1.29 is 23.7 Å². The summed E-state index contributed by atoms with van der Waals surface area (Å²) in [5.41, 5.74) is 2.12. The molecule has 0 radical (unpaired) electrons. The normalized spacial score (nSPS) is 12.2. The van der Waals surface area contributed by atoms with Crippen molar-refractivity contribution in [3.05, 3.63) is 65.3 Å². The summed E-state index contributed by atoms with van der Waals surface area (Å²) in [6.45, 7) is 6.68. The average Bonchev–Trinajstić information content (AvgIpc) is 3.30. The van der Waals surface area contributed by atoms with Crippen LogP contribution in [-0.2, 0) is 11.3 Å². The standard InChI is InChI=1S/C22H20ClNO5/c1-3-7-27-16-5-6-18-14(8-16)9-19(22(25)26-4-2)24(18)12-15-10-20-21(11-17(15)23)29-13-28-20/h3,5-6,8-11H,1,4,7,12-13H2,2H3. The summed E-state index contributed by atoms with van der Waals surface area (Å²) in [6.07, 6.45) is 1.68. The quantitative estimate of drug-likeness (QED) is 0.411. The average molecular weight is 414 g/mol. The van der Waals surface area contributed by atoms with Crippen LogP contribution in [0.5, 0.6) is 17.2 Å². The lowest BCUT2D eigenvalue weighted by Crippen LogP contribution is -2.13. The smallest absolute Gasteiger partial charge is 0.354 e. The van der Waals surface area contributed by atoms with Gasteiger partial charge in [-0.25, -0.2) is 4.79 Å². The molecule has 29 heavy (non-hydrogen) atoms. The molecule has 7 heteroatoms. The Morgan fingerprint density at radius 2 is 2.03 bits per heavy atom. The molecule has 3 aromatic rings. The minimum atomic E-state index is -0.394. The van der Waals surface area contributed by atoms with Crippen LogP contribution < -0.4 is 14.2 Å². The molecule has 2 aromatic carbocycles. The number of esters is 1. The van der Waals surface area contributed by atoms with Crippen molar-refractivity contribution in [3.8, 4) is 17.2 Å². The molecule has 1 aromatic heterocycles. The summed E-state index contributed by atoms with van der Waals surface area (Å²) in [5, 5.41) is 1.41. The molecular formula is C22H20ClNO5. The second-order valence-electron chi connectivity index (χ2n) is 6.45. The van der Waals surface area contributed by atoms with Gasteiger partial charge in [-0.15, -0.1) is 0 Å². The summed E-state index contributed by atoms with van der Waals surface area (Å²) >= 11 is 6.46. The van der Waals surface area contributed by atoms with Gasteiger partial charge in [0, 0.05) is 22.0 Å². The maximum Gasteiger partial charge on any atom is 0.354 e. The van der Waals surface area contributed by atoms with Crippen LogP contribution in [0, 0.1) is 0 Å². The highest BCUT2D eigenvalue weighted by Crippen LogP contribution is 2.37. The summed E-state index contributed by atoms with van der Waals surface area (Å²) in [4.78, 5) is 12.6. The number of nitrogens with zero attached hydrogens (tertiary/aromatic N) is 1. The van der Waals surface area contributed by atoms with Gasteiger partial charge in [0.25, 0.3) is 0 Å². The van der Waals surface area contributed by atoms with Gasteiger partial charge in [-0.1, -0.05) is 24.3 Å². The van der Waals surface area contributed by atoms with E-state index in [9.17, 15) is 4.79 Å². The summed E-state index contributed by atoms with van der Waals surface area (Å²) < 4.78 is 23.6. The molecule has 150 valence electrons. The largest absolute Gasteiger partial charge is 0.490 e. The van der Waals surface area contributed by atoms with E-state index < -0.39 is 5.97 Å². The Balaban J connectivity index is 1.77. The molecule has 0 fully saturated rings. The number of halogens is 1. The van der Waals surface area contributed by atoms with Crippen molar-refractivity contribution in [3.63, 3.8) is 0 Å². The topological polar surface area (TPSA) is 58.9 Å². The van der Waals surface area contributed by atoms with Gasteiger partial charge in [0.1, 0.15) is 18.1 Å². The van der Waals surface area contributed by atoms with E-state index in [4.69, 9.17) is 30.5 Å². The summed E-state index contributed by atoms with van der Waals surface area (Å²) in [5.74, 6) is 1.56. The number of aromatic nitrogens is 1. The molecule has 0 spiro atoms. The van der Waals surface area contributed by atoms with Gasteiger partial charge in [0.05, 0.1) is 13.2 Å². The van der Waals surface area contributed by atoms with Crippen LogP contribution in [0.2, 0.25) is 5.02 Å². The predicted molar refractivity (Wildman–Crippen MR) is 110 cm³/mol. The van der Waals surface area contributed by atoms with Crippen molar-refractivity contribution in [2.45, 2.75) is 13.5 Å². The van der Waals surface area contributed by atoms with Crippen LogP contribution in [0.1, 0.15) is 23.0 Å². The first-order valence-corrected chi connectivity index (χ1v) is 9.60. The number of rotatable bonds is 7. The lowest BCUT2D eigenvalue weighted by Gasteiger charge is -2.12. The molecule has 0 N–H and O–H groups in total. The molecule has 0 unspecified atom stereocenters. The number of carbonyl (C=O) groups excluding carboxylic acids is 1. The molecule has 0 bridgehead atoms. The van der Waals surface area contributed by atoms with E-state index in [1.54, 1.807) is 25.1 Å². The Bertz CT molecular complexity index is 1090. The highest BCUT2D eigenvalue weighted by molar-refractivity contribution is 6.31. The molecule has 2 heterocycles. The first-order chi connectivity index (χ1) is 14.1. The van der Waals surface area contributed by atoms with Gasteiger partial charge >= 0.3 is 5.97 Å². The first kappa shape index (κ1) is 19.2. The van der Waals surface area contributed by atoms with Crippen LogP contribution in [0.4, 0.5) is 0 Å². The van der Waals surface area contributed by atoms with Gasteiger partial charge < -0.3 is 23.5 Å². The van der Waals surface area contributed by atoms with Crippen molar-refractivity contribution in [1.29, 1.82) is 0 Å². The Morgan fingerprint density at radius 1 is 1.24 bits per heavy atom. The van der Waals surface area contributed by atoms with Crippen LogP contribution in [-0.4, -0.2) is 30.5 Å². The van der Waals surface area contributed by atoms with E-state index >= 15 is 0 Å². The zero-order valence-corrected chi connectivity index (χ0v) is 16.7. The zero-order chi connectivity index (χ0) is 20.4. The van der Waals surface area contributed by atoms with Crippen LogP contribution in [0.15, 0.2) is 49.1 Å². The Kier molecular flexibility index (Phi) is 5.36. The van der Waals surface area contributed by atoms with Crippen molar-refractivity contribution in [2.75, 3.05) is 20.0 Å². The molecule has 1 aliphatic rings. The van der Waals surface area contributed by atoms with Crippen LogP contribution in [0.25, 0.3) is 10.9 Å². The number of hydrogen-bond acceptors (Lipinski definition) is 5. The number of benzene rings is 2. The Hall–Kier alpha value is -3.12. The minimum absolute atomic E-state index is 0.170. The van der Waals surface area contributed by atoms with Gasteiger partial charge in [-0.2, -0.15) is 0 Å². The fourth-order valence-electron chi connectivity index (χ4n) is 3.29. The van der Waals surface area contributed by atoms with E-state index in [0.29, 0.717) is 47.7 Å². The third-order valence-corrected chi connectivity index (χ3v) is 4.95. The number of carbonyl (C=O) groups is 1. The van der Waals surface area contributed by atoms with Gasteiger partial charge in [0.15, 0.2) is 11.5 Å². The minimum Gasteiger partial charge on any atom is -0.490 e. The van der Waals surface area contributed by atoms with Gasteiger partial charge in [-0.3, -0.25) is 0 Å². The number of hydrogen-bond donors (Lipinski definition) is 0. The highest BCUT2D eigenvalue weighted by Gasteiger charge is 2.21. The van der Waals surface area contributed by atoms with E-state index in [-0.39, 0.29) is 6.79 Å². The third kappa shape index (κ3) is 3.76.